The quantitative estimate of drug-likeness (QED) is 0.734. The van der Waals surface area contributed by atoms with Gasteiger partial charge in [0.15, 0.2) is 0 Å². The Hall–Kier alpha value is -1.56. The average Bonchev–Trinajstić information content (AvgIpc) is 3.05. The van der Waals surface area contributed by atoms with Crippen LogP contribution in [-0.4, -0.2) is 47.3 Å². The number of para-hydroxylation sites is 1. The lowest BCUT2D eigenvalue weighted by molar-refractivity contribution is -0.160. The smallest absolute Gasteiger partial charge is 0.311 e. The van der Waals surface area contributed by atoms with Gasteiger partial charge in [-0.25, -0.2) is 0 Å². The molecule has 1 saturated carbocycles. The molecule has 1 unspecified atom stereocenters. The minimum absolute atomic E-state index is 0. The Morgan fingerprint density at radius 3 is 2.93 bits per heavy atom. The van der Waals surface area contributed by atoms with Crippen molar-refractivity contribution < 1.29 is 14.6 Å². The number of H-pyrrole nitrogens is 1. The molecule has 3 aliphatic rings. The number of benzene rings is 1. The Bertz CT molecular complexity index is 851. The number of nitrogens with zero attached hydrogens (tertiary/aromatic N) is 1. The first kappa shape index (κ1) is 18.8. The number of aromatic nitrogens is 1. The second-order valence-corrected chi connectivity index (χ2v) is 8.18. The van der Waals surface area contributed by atoms with Crippen LogP contribution in [0.3, 0.4) is 0 Å². The van der Waals surface area contributed by atoms with Gasteiger partial charge in [-0.1, -0.05) is 18.2 Å². The molecule has 2 aromatic rings. The van der Waals surface area contributed by atoms with E-state index in [1.54, 1.807) is 0 Å². The topological polar surface area (TPSA) is 65.6 Å². The van der Waals surface area contributed by atoms with E-state index in [0.29, 0.717) is 18.4 Å². The van der Waals surface area contributed by atoms with Crippen molar-refractivity contribution in [2.24, 2.45) is 17.8 Å². The van der Waals surface area contributed by atoms with E-state index in [9.17, 15) is 9.90 Å². The third-order valence-electron chi connectivity index (χ3n) is 7.02. The van der Waals surface area contributed by atoms with E-state index in [1.165, 1.54) is 29.3 Å². The zero-order chi connectivity index (χ0) is 17.8. The Morgan fingerprint density at radius 2 is 2.11 bits per heavy atom. The molecule has 1 saturated heterocycles. The number of esters is 1. The maximum absolute atomic E-state index is 12.4. The maximum Gasteiger partial charge on any atom is 0.311 e. The maximum atomic E-state index is 12.4. The summed E-state index contributed by atoms with van der Waals surface area (Å²) in [4.78, 5) is 18.6. The van der Waals surface area contributed by atoms with Gasteiger partial charge < -0.3 is 14.8 Å². The molecule has 146 valence electrons. The predicted molar refractivity (Wildman–Crippen MR) is 106 cm³/mol. The number of methoxy groups -OCH3 is 1. The summed E-state index contributed by atoms with van der Waals surface area (Å²) < 4.78 is 5.04. The molecule has 1 aromatic heterocycles. The van der Waals surface area contributed by atoms with Crippen LogP contribution in [0.1, 0.15) is 36.6 Å². The van der Waals surface area contributed by atoms with Crippen LogP contribution in [0, 0.1) is 17.8 Å². The largest absolute Gasteiger partial charge is 0.469 e. The number of aromatic amines is 1. The molecule has 1 aliphatic carbocycles. The monoisotopic (exact) mass is 390 g/mol. The molecule has 0 spiro atoms. The second-order valence-electron chi connectivity index (χ2n) is 8.18. The molecule has 27 heavy (non-hydrogen) atoms. The number of ether oxygens (including phenoxy) is 1. The highest BCUT2D eigenvalue weighted by molar-refractivity contribution is 5.85. The number of carbonyl (C=O) groups is 1. The highest BCUT2D eigenvalue weighted by Crippen LogP contribution is 2.49. The van der Waals surface area contributed by atoms with Crippen LogP contribution < -0.4 is 0 Å². The molecule has 5 rings (SSSR count). The zero-order valence-electron chi connectivity index (χ0n) is 15.6. The molecule has 6 heteroatoms. The van der Waals surface area contributed by atoms with E-state index >= 15 is 0 Å². The summed E-state index contributed by atoms with van der Waals surface area (Å²) >= 11 is 0. The molecule has 0 bridgehead atoms. The second kappa shape index (κ2) is 7.12. The van der Waals surface area contributed by atoms with Gasteiger partial charge in [-0.15, -0.1) is 12.4 Å². The van der Waals surface area contributed by atoms with Gasteiger partial charge in [0, 0.05) is 29.7 Å². The molecule has 5 atom stereocenters. The third-order valence-corrected chi connectivity index (χ3v) is 7.02. The van der Waals surface area contributed by atoms with Gasteiger partial charge in [0.25, 0.3) is 0 Å². The standard InChI is InChI=1S/C21H26N2O3.ClH/c1-26-21(25)19-15-10-17-20-14(13-4-2-3-5-16(13)22-20)8-9-23(17)11-12(15)6-7-18(19)24;/h2-5,12,15,17-19,22,24H,6-11H2,1H3;1H/t12-,15+,17-,18?,19-;/m0./s1. The fraction of sp³-hybridized carbons (Fsp3) is 0.571. The first-order chi connectivity index (χ1) is 12.7. The van der Waals surface area contributed by atoms with Gasteiger partial charge in [-0.3, -0.25) is 9.69 Å². The lowest BCUT2D eigenvalue weighted by Crippen LogP contribution is -2.53. The predicted octanol–water partition coefficient (Wildman–Crippen LogP) is 3.07. The number of carbonyl (C=O) groups excluding carboxylic acids is 1. The van der Waals surface area contributed by atoms with Gasteiger partial charge in [-0.2, -0.15) is 0 Å². The van der Waals surface area contributed by atoms with Crippen molar-refractivity contribution in [2.45, 2.75) is 37.8 Å². The van der Waals surface area contributed by atoms with E-state index in [2.05, 4.69) is 34.1 Å². The summed E-state index contributed by atoms with van der Waals surface area (Å²) in [7, 11) is 1.43. The van der Waals surface area contributed by atoms with Gasteiger partial charge >= 0.3 is 5.97 Å². The Kier molecular flexibility index (Phi) is 4.95. The molecule has 2 fully saturated rings. The number of piperidine rings is 1. The summed E-state index contributed by atoms with van der Waals surface area (Å²) in [6.07, 6.45) is 3.14. The molecule has 5 nitrogen and oxygen atoms in total. The molecule has 0 radical (unpaired) electrons. The van der Waals surface area contributed by atoms with Crippen LogP contribution in [0.25, 0.3) is 10.9 Å². The fourth-order valence-corrected chi connectivity index (χ4v) is 5.80. The normalized spacial score (nSPS) is 32.7. The number of aliphatic hydroxyl groups excluding tert-OH is 1. The SMILES string of the molecule is COC(=O)[C@@H]1C(O)CC[C@H]2CN3CCc4c([nH]c5ccccc45)[C@@H]3C[C@H]21.Cl. The summed E-state index contributed by atoms with van der Waals surface area (Å²) in [5.41, 5.74) is 3.96. The number of nitrogens with one attached hydrogen (secondary N) is 1. The van der Waals surface area contributed by atoms with Crippen LogP contribution >= 0.6 is 12.4 Å². The van der Waals surface area contributed by atoms with Gasteiger partial charge in [0.2, 0.25) is 0 Å². The highest BCUT2D eigenvalue weighted by Gasteiger charge is 2.49. The Labute approximate surface area is 165 Å². The summed E-state index contributed by atoms with van der Waals surface area (Å²) in [5, 5.41) is 11.8. The van der Waals surface area contributed by atoms with E-state index in [1.807, 2.05) is 0 Å². The van der Waals surface area contributed by atoms with Crippen molar-refractivity contribution in [3.8, 4) is 0 Å². The number of halogens is 1. The number of fused-ring (bicyclic) bond motifs is 6. The lowest BCUT2D eigenvalue weighted by atomic mass is 9.65. The average molecular weight is 391 g/mol. The van der Waals surface area contributed by atoms with Gasteiger partial charge in [0.1, 0.15) is 0 Å². The molecule has 2 N–H and O–H groups in total. The van der Waals surface area contributed by atoms with E-state index < -0.39 is 6.10 Å². The van der Waals surface area contributed by atoms with E-state index in [4.69, 9.17) is 4.74 Å². The molecule has 3 heterocycles. The first-order valence-corrected chi connectivity index (χ1v) is 9.76. The van der Waals surface area contributed by atoms with Crippen molar-refractivity contribution in [3.63, 3.8) is 0 Å². The van der Waals surface area contributed by atoms with Crippen molar-refractivity contribution in [3.05, 3.63) is 35.5 Å². The highest BCUT2D eigenvalue weighted by atomic mass is 35.5. The fourth-order valence-electron chi connectivity index (χ4n) is 5.80. The van der Waals surface area contributed by atoms with Crippen LogP contribution in [0.5, 0.6) is 0 Å². The minimum Gasteiger partial charge on any atom is -0.469 e. The first-order valence-electron chi connectivity index (χ1n) is 9.76. The van der Waals surface area contributed by atoms with Crippen molar-refractivity contribution >= 4 is 29.3 Å². The minimum atomic E-state index is -0.568. The Morgan fingerprint density at radius 1 is 1.30 bits per heavy atom. The number of hydrogen-bond acceptors (Lipinski definition) is 4. The zero-order valence-corrected chi connectivity index (χ0v) is 16.4. The van der Waals surface area contributed by atoms with E-state index in [-0.39, 0.29) is 30.2 Å². The summed E-state index contributed by atoms with van der Waals surface area (Å²) in [6, 6.07) is 8.83. The molecule has 0 amide bonds. The van der Waals surface area contributed by atoms with E-state index in [0.717, 1.165) is 32.4 Å². The number of hydrogen-bond donors (Lipinski definition) is 2. The van der Waals surface area contributed by atoms with Crippen LogP contribution in [-0.2, 0) is 16.0 Å². The molecular formula is C21H27ClN2O3. The number of rotatable bonds is 1. The van der Waals surface area contributed by atoms with Crippen molar-refractivity contribution in [1.82, 2.24) is 9.88 Å². The van der Waals surface area contributed by atoms with Crippen LogP contribution in [0.15, 0.2) is 24.3 Å². The number of aliphatic hydroxyl groups is 1. The van der Waals surface area contributed by atoms with Gasteiger partial charge in [-0.05, 0) is 49.1 Å². The van der Waals surface area contributed by atoms with Crippen molar-refractivity contribution in [2.75, 3.05) is 20.2 Å². The van der Waals surface area contributed by atoms with Crippen LogP contribution in [0.4, 0.5) is 0 Å². The molecule has 2 aliphatic heterocycles. The third kappa shape index (κ3) is 2.87. The van der Waals surface area contributed by atoms with Crippen LogP contribution in [0.2, 0.25) is 0 Å². The molecule has 1 aromatic carbocycles. The lowest BCUT2D eigenvalue weighted by Gasteiger charge is -2.50. The van der Waals surface area contributed by atoms with Crippen molar-refractivity contribution in [1.29, 1.82) is 0 Å². The van der Waals surface area contributed by atoms with Gasteiger partial charge in [0.05, 0.1) is 25.2 Å². The summed E-state index contributed by atoms with van der Waals surface area (Å²) in [6.45, 7) is 2.10. The molecular weight excluding hydrogens is 364 g/mol. The summed E-state index contributed by atoms with van der Waals surface area (Å²) in [5.74, 6) is 0.0541. The Balaban J connectivity index is 0.00000180.